The molecule has 0 atom stereocenters. The molecule has 0 aliphatic carbocycles. The van der Waals surface area contributed by atoms with Crippen molar-refractivity contribution in [3.8, 4) is 0 Å². The van der Waals surface area contributed by atoms with Crippen molar-refractivity contribution in [2.24, 2.45) is 0 Å². The maximum absolute atomic E-state index is 2.47. The summed E-state index contributed by atoms with van der Waals surface area (Å²) in [4.78, 5) is 0. The molecule has 0 bridgehead atoms. The first-order chi connectivity index (χ1) is 6.43. The van der Waals surface area contributed by atoms with Gasteiger partial charge >= 0.3 is 0 Å². The Morgan fingerprint density at radius 3 is 2.69 bits per heavy atom. The third-order valence-electron chi connectivity index (χ3n) is 1.76. The lowest BCUT2D eigenvalue weighted by Crippen LogP contribution is -2.32. The molecular formula is C11H17IN+. The predicted molar refractivity (Wildman–Crippen MR) is 66.5 cm³/mol. The van der Waals surface area contributed by atoms with E-state index in [1.54, 1.807) is 0 Å². The van der Waals surface area contributed by atoms with Crippen LogP contribution < -0.4 is 4.57 Å². The van der Waals surface area contributed by atoms with Crippen LogP contribution in [-0.2, 0) is 6.54 Å². The minimum atomic E-state index is 0.347. The first-order valence-electron chi connectivity index (χ1n) is 4.77. The lowest BCUT2D eigenvalue weighted by molar-refractivity contribution is -0.680. The van der Waals surface area contributed by atoms with E-state index in [-0.39, 0.29) is 0 Å². The summed E-state index contributed by atoms with van der Waals surface area (Å²) in [5.41, 5.74) is 0. The summed E-state index contributed by atoms with van der Waals surface area (Å²) < 4.78 is 6.14. The second kappa shape index (κ2) is 7.18. The Balaban J connectivity index is 2.23. The van der Waals surface area contributed by atoms with Crippen LogP contribution in [0.3, 0.4) is 0 Å². The fourth-order valence-corrected chi connectivity index (χ4v) is 3.35. The molecule has 1 nitrogen and oxygen atoms in total. The first kappa shape index (κ1) is 10.8. The number of nitrogens with zero attached hydrogens (tertiary/aromatic N) is 1. The number of pyridine rings is 1. The third kappa shape index (κ3) is 5.13. The van der Waals surface area contributed by atoms with E-state index < -0.39 is 0 Å². The van der Waals surface area contributed by atoms with Gasteiger partial charge in [-0.2, -0.15) is 0 Å². The summed E-state index contributed by atoms with van der Waals surface area (Å²) >= 11 is 0.347. The predicted octanol–water partition coefficient (Wildman–Crippen LogP) is 2.55. The van der Waals surface area contributed by atoms with Crippen molar-refractivity contribution < 1.29 is 4.57 Å². The van der Waals surface area contributed by atoms with Crippen LogP contribution in [0.5, 0.6) is 0 Å². The number of hydrogen-bond donors (Lipinski definition) is 0. The summed E-state index contributed by atoms with van der Waals surface area (Å²) in [7, 11) is 0. The van der Waals surface area contributed by atoms with E-state index in [2.05, 4.69) is 46.1 Å². The van der Waals surface area contributed by atoms with Gasteiger partial charge in [0.2, 0.25) is 0 Å². The molecule has 13 heavy (non-hydrogen) atoms. The zero-order valence-corrected chi connectivity index (χ0v) is 10.3. The molecule has 2 heteroatoms. The highest BCUT2D eigenvalue weighted by atomic mass is 127. The zero-order valence-electron chi connectivity index (χ0n) is 8.12. The molecule has 1 rings (SSSR count). The minimum absolute atomic E-state index is 0.347. The van der Waals surface area contributed by atoms with Gasteiger partial charge in [0.15, 0.2) is 18.9 Å². The molecule has 0 aliphatic rings. The summed E-state index contributed by atoms with van der Waals surface area (Å²) in [5.74, 6) is 0. The lowest BCUT2D eigenvalue weighted by atomic mass is 10.4. The maximum atomic E-state index is 2.47. The number of unbranched alkanes of at least 4 members (excludes halogenated alkanes) is 1. The van der Waals surface area contributed by atoms with E-state index in [0.717, 1.165) is 6.54 Å². The average molecular weight is 290 g/mol. The van der Waals surface area contributed by atoms with Gasteiger partial charge in [-0.05, 0) is 10.8 Å². The largest absolute Gasteiger partial charge is 0.201 e. The van der Waals surface area contributed by atoms with Gasteiger partial charge in [-0.15, -0.1) is 20.7 Å². The van der Waals surface area contributed by atoms with Crippen molar-refractivity contribution in [2.75, 3.05) is 4.43 Å². The fraction of sp³-hybridized carbons (Fsp3) is 0.455. The quantitative estimate of drug-likeness (QED) is 0.339. The van der Waals surface area contributed by atoms with E-state index in [1.807, 2.05) is 0 Å². The van der Waals surface area contributed by atoms with Crippen LogP contribution >= 0.6 is 20.7 Å². The molecule has 0 aromatic carbocycles. The Morgan fingerprint density at radius 2 is 2.00 bits per heavy atom. The lowest BCUT2D eigenvalue weighted by Gasteiger charge is -1.89. The molecule has 0 N–H and O–H groups in total. The van der Waals surface area contributed by atoms with E-state index in [0.29, 0.717) is 20.7 Å². The highest BCUT2D eigenvalue weighted by molar-refractivity contribution is 14.2. The Bertz CT molecular complexity index is 244. The zero-order chi connectivity index (χ0) is 9.36. The van der Waals surface area contributed by atoms with Crippen molar-refractivity contribution in [3.05, 3.63) is 30.6 Å². The molecule has 0 radical (unpaired) electrons. The van der Waals surface area contributed by atoms with Gasteiger partial charge in [-0.25, -0.2) is 4.57 Å². The first-order valence-corrected chi connectivity index (χ1v) is 7.54. The van der Waals surface area contributed by atoms with E-state index in [4.69, 9.17) is 0 Å². The Kier molecular flexibility index (Phi) is 5.98. The van der Waals surface area contributed by atoms with Gasteiger partial charge in [0.25, 0.3) is 0 Å². The van der Waals surface area contributed by atoms with Crippen molar-refractivity contribution >= 4 is 24.7 Å². The fourth-order valence-electron chi connectivity index (χ4n) is 0.972. The number of halogens is 1. The van der Waals surface area contributed by atoms with Crippen molar-refractivity contribution in [2.45, 2.75) is 26.3 Å². The van der Waals surface area contributed by atoms with Gasteiger partial charge in [0.05, 0.1) is 0 Å². The standard InChI is InChI=1S/C11H17IN/c1-2-3-7-12-8-11-13-9-5-4-6-10-13/h4-6,8-10H,2-3,7,11H2,1H3/q+1. The number of rotatable bonds is 5. The van der Waals surface area contributed by atoms with Gasteiger partial charge in [-0.3, -0.25) is 0 Å². The number of alkyl halides is 1. The third-order valence-corrected chi connectivity index (χ3v) is 4.16. The molecule has 0 aliphatic heterocycles. The highest BCUT2D eigenvalue weighted by Crippen LogP contribution is 1.99. The maximum Gasteiger partial charge on any atom is 0.172 e. The number of aromatic nitrogens is 1. The van der Waals surface area contributed by atoms with Gasteiger partial charge in [0, 0.05) is 16.1 Å². The molecular weight excluding hydrogens is 273 g/mol. The summed E-state index contributed by atoms with van der Waals surface area (Å²) in [5, 5.41) is 0. The monoisotopic (exact) mass is 290 g/mol. The average Bonchev–Trinajstić information content (AvgIpc) is 2.19. The molecule has 0 spiro atoms. The van der Waals surface area contributed by atoms with E-state index >= 15 is 0 Å². The molecule has 0 unspecified atom stereocenters. The Morgan fingerprint density at radius 1 is 1.23 bits per heavy atom. The molecule has 0 fully saturated rings. The van der Waals surface area contributed by atoms with Crippen LogP contribution in [0.4, 0.5) is 0 Å². The van der Waals surface area contributed by atoms with E-state index in [9.17, 15) is 0 Å². The second-order valence-electron chi connectivity index (χ2n) is 2.92. The van der Waals surface area contributed by atoms with Crippen LogP contribution in [0.25, 0.3) is 0 Å². The highest BCUT2D eigenvalue weighted by Gasteiger charge is 1.91. The second-order valence-corrected chi connectivity index (χ2v) is 5.76. The molecule has 0 saturated carbocycles. The van der Waals surface area contributed by atoms with Crippen LogP contribution in [0.1, 0.15) is 19.8 Å². The summed E-state index contributed by atoms with van der Waals surface area (Å²) in [6.07, 6.45) is 7.00. The number of hydrogen-bond acceptors (Lipinski definition) is 0. The topological polar surface area (TPSA) is 3.88 Å². The molecule has 1 aromatic rings. The van der Waals surface area contributed by atoms with Crippen molar-refractivity contribution in [3.63, 3.8) is 0 Å². The molecule has 1 aromatic heterocycles. The van der Waals surface area contributed by atoms with Crippen LogP contribution in [0.2, 0.25) is 0 Å². The van der Waals surface area contributed by atoms with Crippen LogP contribution in [0.15, 0.2) is 30.6 Å². The molecule has 1 heterocycles. The smallest absolute Gasteiger partial charge is 0.172 e. The summed E-state index contributed by atoms with van der Waals surface area (Å²) in [6.45, 7) is 3.35. The Hall–Kier alpha value is -0.250. The van der Waals surface area contributed by atoms with Crippen molar-refractivity contribution in [1.82, 2.24) is 0 Å². The van der Waals surface area contributed by atoms with E-state index in [1.165, 1.54) is 17.3 Å². The molecule has 0 amide bonds. The van der Waals surface area contributed by atoms with Gasteiger partial charge in [-0.1, -0.05) is 19.4 Å². The van der Waals surface area contributed by atoms with Crippen LogP contribution in [0, 0.1) is 0 Å². The summed E-state index contributed by atoms with van der Waals surface area (Å²) in [6, 6.07) is 6.22. The SMILES string of the molecule is CCCCI=CC[n+]1ccccc1. The van der Waals surface area contributed by atoms with Crippen molar-refractivity contribution in [1.29, 1.82) is 0 Å². The van der Waals surface area contributed by atoms with Crippen LogP contribution in [-0.4, -0.2) is 8.44 Å². The molecule has 72 valence electrons. The Labute approximate surface area is 90.5 Å². The van der Waals surface area contributed by atoms with Gasteiger partial charge in [0.1, 0.15) is 0 Å². The minimum Gasteiger partial charge on any atom is -0.201 e. The van der Waals surface area contributed by atoms with Gasteiger partial charge < -0.3 is 0 Å². The normalized spacial score (nSPS) is 11.5. The molecule has 0 saturated heterocycles.